The zero-order chi connectivity index (χ0) is 18.2. The number of thioether (sulfide) groups is 1. The molecule has 25 heavy (non-hydrogen) atoms. The Bertz CT molecular complexity index is 739. The SMILES string of the molecule is CCCCn1c(SC(C)C(=O)Nc2ccc(OCC)cc2)n[nH]c1=O. The molecule has 0 aliphatic carbocycles. The Balaban J connectivity index is 1.97. The van der Waals surface area contributed by atoms with Crippen molar-refractivity contribution in [2.75, 3.05) is 11.9 Å². The van der Waals surface area contributed by atoms with Crippen LogP contribution in [0.25, 0.3) is 0 Å². The van der Waals surface area contributed by atoms with Crippen molar-refractivity contribution >= 4 is 23.4 Å². The molecule has 2 rings (SSSR count). The molecule has 0 spiro atoms. The minimum absolute atomic E-state index is 0.147. The first-order valence-electron chi connectivity index (χ1n) is 8.40. The predicted molar refractivity (Wildman–Crippen MR) is 99.3 cm³/mol. The molecule has 1 aromatic heterocycles. The van der Waals surface area contributed by atoms with Crippen LogP contribution >= 0.6 is 11.8 Å². The number of carbonyl (C=O) groups is 1. The summed E-state index contributed by atoms with van der Waals surface area (Å²) in [5.74, 6) is 0.617. The summed E-state index contributed by atoms with van der Waals surface area (Å²) in [5.41, 5.74) is 0.460. The zero-order valence-corrected chi connectivity index (χ0v) is 15.6. The first kappa shape index (κ1) is 19.1. The van der Waals surface area contributed by atoms with Crippen molar-refractivity contribution < 1.29 is 9.53 Å². The van der Waals surface area contributed by atoms with Crippen LogP contribution in [0.1, 0.15) is 33.6 Å². The Hall–Kier alpha value is -2.22. The highest BCUT2D eigenvalue weighted by atomic mass is 32.2. The number of carbonyl (C=O) groups excluding carboxylic acids is 1. The summed E-state index contributed by atoms with van der Waals surface area (Å²) in [6.07, 6.45) is 1.87. The van der Waals surface area contributed by atoms with Crippen molar-refractivity contribution in [1.29, 1.82) is 0 Å². The molecule has 0 fully saturated rings. The number of rotatable bonds is 9. The fourth-order valence-electron chi connectivity index (χ4n) is 2.16. The van der Waals surface area contributed by atoms with Crippen molar-refractivity contribution in [3.8, 4) is 5.75 Å². The fourth-order valence-corrected chi connectivity index (χ4v) is 3.05. The van der Waals surface area contributed by atoms with Crippen LogP contribution in [-0.4, -0.2) is 32.5 Å². The van der Waals surface area contributed by atoms with Gasteiger partial charge in [0.2, 0.25) is 5.91 Å². The number of benzene rings is 1. The van der Waals surface area contributed by atoms with Gasteiger partial charge in [0.15, 0.2) is 5.16 Å². The number of hydrogen-bond acceptors (Lipinski definition) is 5. The lowest BCUT2D eigenvalue weighted by Crippen LogP contribution is -2.24. The molecule has 0 radical (unpaired) electrons. The van der Waals surface area contributed by atoms with E-state index in [4.69, 9.17) is 4.74 Å². The second-order valence-electron chi connectivity index (χ2n) is 5.52. The van der Waals surface area contributed by atoms with E-state index in [0.29, 0.717) is 24.0 Å². The first-order valence-corrected chi connectivity index (χ1v) is 9.28. The minimum atomic E-state index is -0.387. The molecule has 1 atom stereocenters. The number of amides is 1. The van der Waals surface area contributed by atoms with Crippen molar-refractivity contribution in [3.63, 3.8) is 0 Å². The van der Waals surface area contributed by atoms with Crippen LogP contribution in [0.3, 0.4) is 0 Å². The van der Waals surface area contributed by atoms with Crippen molar-refractivity contribution in [3.05, 3.63) is 34.7 Å². The molecule has 1 amide bonds. The average Bonchev–Trinajstić information content (AvgIpc) is 2.94. The van der Waals surface area contributed by atoms with Crippen LogP contribution < -0.4 is 15.7 Å². The van der Waals surface area contributed by atoms with Gasteiger partial charge in [-0.2, -0.15) is 0 Å². The van der Waals surface area contributed by atoms with Crippen LogP contribution in [0.2, 0.25) is 0 Å². The molecule has 2 N–H and O–H groups in total. The monoisotopic (exact) mass is 364 g/mol. The van der Waals surface area contributed by atoms with E-state index in [1.807, 2.05) is 19.1 Å². The maximum Gasteiger partial charge on any atom is 0.343 e. The van der Waals surface area contributed by atoms with E-state index in [1.165, 1.54) is 11.8 Å². The highest BCUT2D eigenvalue weighted by Crippen LogP contribution is 2.22. The summed E-state index contributed by atoms with van der Waals surface area (Å²) >= 11 is 1.26. The number of aromatic amines is 1. The van der Waals surface area contributed by atoms with E-state index in [-0.39, 0.29) is 16.8 Å². The molecule has 2 aromatic rings. The van der Waals surface area contributed by atoms with Gasteiger partial charge in [0.1, 0.15) is 5.75 Å². The lowest BCUT2D eigenvalue weighted by Gasteiger charge is -2.12. The van der Waals surface area contributed by atoms with E-state index < -0.39 is 0 Å². The maximum absolute atomic E-state index is 12.4. The largest absolute Gasteiger partial charge is 0.494 e. The Morgan fingerprint density at radius 3 is 2.72 bits per heavy atom. The Kier molecular flexibility index (Phi) is 7.12. The average molecular weight is 364 g/mol. The summed E-state index contributed by atoms with van der Waals surface area (Å²) in [6.45, 7) is 6.97. The lowest BCUT2D eigenvalue weighted by atomic mass is 10.3. The van der Waals surface area contributed by atoms with E-state index in [9.17, 15) is 9.59 Å². The molecule has 1 heterocycles. The van der Waals surface area contributed by atoms with Gasteiger partial charge in [-0.25, -0.2) is 9.89 Å². The summed E-state index contributed by atoms with van der Waals surface area (Å²) in [4.78, 5) is 24.2. The number of anilines is 1. The smallest absolute Gasteiger partial charge is 0.343 e. The third-order valence-electron chi connectivity index (χ3n) is 3.54. The van der Waals surface area contributed by atoms with Crippen LogP contribution in [0.4, 0.5) is 5.69 Å². The first-order chi connectivity index (χ1) is 12.0. The molecule has 0 bridgehead atoms. The van der Waals surface area contributed by atoms with Gasteiger partial charge in [0.05, 0.1) is 11.9 Å². The van der Waals surface area contributed by atoms with Crippen molar-refractivity contribution in [1.82, 2.24) is 14.8 Å². The number of hydrogen-bond donors (Lipinski definition) is 2. The van der Waals surface area contributed by atoms with Crippen LogP contribution in [0, 0.1) is 0 Å². The summed E-state index contributed by atoms with van der Waals surface area (Å²) < 4.78 is 6.96. The normalized spacial score (nSPS) is 12.0. The topological polar surface area (TPSA) is 89.0 Å². The summed E-state index contributed by atoms with van der Waals surface area (Å²) in [6, 6.07) is 7.22. The van der Waals surface area contributed by atoms with Crippen LogP contribution in [-0.2, 0) is 11.3 Å². The van der Waals surface area contributed by atoms with Gasteiger partial charge in [0, 0.05) is 12.2 Å². The minimum Gasteiger partial charge on any atom is -0.494 e. The lowest BCUT2D eigenvalue weighted by molar-refractivity contribution is -0.115. The molecule has 7 nitrogen and oxygen atoms in total. The van der Waals surface area contributed by atoms with Gasteiger partial charge < -0.3 is 10.1 Å². The predicted octanol–water partition coefficient (Wildman–Crippen LogP) is 2.89. The number of ether oxygens (including phenoxy) is 1. The number of unbranched alkanes of at least 4 members (excludes halogenated alkanes) is 1. The number of H-pyrrole nitrogens is 1. The van der Waals surface area contributed by atoms with E-state index in [1.54, 1.807) is 23.6 Å². The van der Waals surface area contributed by atoms with E-state index in [2.05, 4.69) is 22.4 Å². The highest BCUT2D eigenvalue weighted by molar-refractivity contribution is 8.00. The second-order valence-corrected chi connectivity index (χ2v) is 6.83. The maximum atomic E-state index is 12.4. The molecule has 1 aromatic carbocycles. The molecular formula is C17H24N4O3S. The van der Waals surface area contributed by atoms with Gasteiger partial charge in [0.25, 0.3) is 0 Å². The van der Waals surface area contributed by atoms with Gasteiger partial charge >= 0.3 is 5.69 Å². The third kappa shape index (κ3) is 5.38. The van der Waals surface area contributed by atoms with E-state index in [0.717, 1.165) is 18.6 Å². The van der Waals surface area contributed by atoms with Gasteiger partial charge in [-0.3, -0.25) is 9.36 Å². The quantitative estimate of drug-likeness (QED) is 0.668. The molecule has 8 heteroatoms. The molecular weight excluding hydrogens is 340 g/mol. The molecule has 1 unspecified atom stereocenters. The molecule has 0 saturated heterocycles. The van der Waals surface area contributed by atoms with Gasteiger partial charge in [-0.1, -0.05) is 25.1 Å². The van der Waals surface area contributed by atoms with Crippen molar-refractivity contribution in [2.24, 2.45) is 0 Å². The van der Waals surface area contributed by atoms with Crippen LogP contribution in [0.5, 0.6) is 5.75 Å². The third-order valence-corrected chi connectivity index (χ3v) is 4.63. The molecule has 0 saturated carbocycles. The summed E-state index contributed by atoms with van der Waals surface area (Å²) in [5, 5.41) is 9.48. The molecule has 0 aliphatic heterocycles. The molecule has 136 valence electrons. The van der Waals surface area contributed by atoms with Gasteiger partial charge in [-0.15, -0.1) is 5.10 Å². The van der Waals surface area contributed by atoms with Gasteiger partial charge in [-0.05, 0) is 44.5 Å². The number of aromatic nitrogens is 3. The Labute approximate surface area is 151 Å². The Morgan fingerprint density at radius 1 is 1.36 bits per heavy atom. The fraction of sp³-hybridized carbons (Fsp3) is 0.471. The summed E-state index contributed by atoms with van der Waals surface area (Å²) in [7, 11) is 0. The van der Waals surface area contributed by atoms with Crippen molar-refractivity contribution in [2.45, 2.75) is 50.6 Å². The number of nitrogens with one attached hydrogen (secondary N) is 2. The standard InChI is InChI=1S/C17H24N4O3S/c1-4-6-11-21-16(23)19-20-17(21)25-12(3)15(22)18-13-7-9-14(10-8-13)24-5-2/h7-10,12H,4-6,11H2,1-3H3,(H,18,22)(H,19,23). The zero-order valence-electron chi connectivity index (χ0n) is 14.7. The highest BCUT2D eigenvalue weighted by Gasteiger charge is 2.19. The Morgan fingerprint density at radius 2 is 2.08 bits per heavy atom. The van der Waals surface area contributed by atoms with Crippen LogP contribution in [0.15, 0.2) is 34.2 Å². The molecule has 0 aliphatic rings. The van der Waals surface area contributed by atoms with E-state index >= 15 is 0 Å². The number of nitrogens with zero attached hydrogens (tertiary/aromatic N) is 2. The second kappa shape index (κ2) is 9.31.